The molecule has 0 aliphatic carbocycles. The molecule has 0 aliphatic rings. The number of benzene rings is 2. The lowest BCUT2D eigenvalue weighted by Crippen LogP contribution is -2.30. The summed E-state index contributed by atoms with van der Waals surface area (Å²) >= 11 is 0. The van der Waals surface area contributed by atoms with E-state index in [0.717, 1.165) is 16.7 Å². The molecule has 1 unspecified atom stereocenters. The first-order valence-electron chi connectivity index (χ1n) is 7.67. The molecule has 2 N–H and O–H groups in total. The number of aliphatic carboxylic acids is 1. The maximum atomic E-state index is 11.9. The third kappa shape index (κ3) is 5.58. The summed E-state index contributed by atoms with van der Waals surface area (Å²) in [6, 6.07) is 18.0. The van der Waals surface area contributed by atoms with Gasteiger partial charge in [-0.3, -0.25) is 9.59 Å². The van der Waals surface area contributed by atoms with Crippen molar-refractivity contribution in [3.63, 3.8) is 0 Å². The van der Waals surface area contributed by atoms with Crippen LogP contribution in [0.1, 0.15) is 18.9 Å². The van der Waals surface area contributed by atoms with Crippen molar-refractivity contribution in [2.75, 3.05) is 6.54 Å². The number of carbonyl (C=O) groups excluding carboxylic acids is 1. The average Bonchev–Trinajstić information content (AvgIpc) is 2.54. The predicted octanol–water partition coefficient (Wildman–Crippen LogP) is 3.12. The molecule has 2 aromatic carbocycles. The second kappa shape index (κ2) is 8.13. The normalized spacial score (nSPS) is 11.7. The molecule has 2 aromatic rings. The molecule has 0 saturated heterocycles. The fourth-order valence-corrected chi connectivity index (χ4v) is 2.35. The largest absolute Gasteiger partial charge is 0.481 e. The van der Waals surface area contributed by atoms with E-state index in [9.17, 15) is 9.59 Å². The molecular weight excluding hydrogens is 290 g/mol. The van der Waals surface area contributed by atoms with E-state index in [4.69, 9.17) is 5.11 Å². The summed E-state index contributed by atoms with van der Waals surface area (Å²) in [5.74, 6) is -1.00. The molecule has 0 saturated carbocycles. The number of hydrogen-bond acceptors (Lipinski definition) is 2. The zero-order chi connectivity index (χ0) is 16.7. The molecule has 4 nitrogen and oxygen atoms in total. The van der Waals surface area contributed by atoms with E-state index >= 15 is 0 Å². The van der Waals surface area contributed by atoms with Crippen LogP contribution in [0.3, 0.4) is 0 Å². The zero-order valence-corrected chi connectivity index (χ0v) is 13.2. The number of carboxylic acids is 1. The van der Waals surface area contributed by atoms with Crippen LogP contribution in [-0.4, -0.2) is 23.5 Å². The van der Waals surface area contributed by atoms with Gasteiger partial charge in [0.15, 0.2) is 0 Å². The quantitative estimate of drug-likeness (QED) is 0.825. The molecule has 120 valence electrons. The third-order valence-electron chi connectivity index (χ3n) is 3.60. The average molecular weight is 311 g/mol. The molecule has 23 heavy (non-hydrogen) atoms. The number of rotatable bonds is 7. The van der Waals surface area contributed by atoms with Gasteiger partial charge in [0.05, 0.1) is 6.42 Å². The highest BCUT2D eigenvalue weighted by molar-refractivity contribution is 5.79. The number of carboxylic acid groups (broad SMARTS) is 1. The van der Waals surface area contributed by atoms with Gasteiger partial charge in [0.2, 0.25) is 5.91 Å². The van der Waals surface area contributed by atoms with E-state index in [0.29, 0.717) is 13.0 Å². The highest BCUT2D eigenvalue weighted by Gasteiger charge is 2.10. The molecule has 0 aliphatic heterocycles. The predicted molar refractivity (Wildman–Crippen MR) is 90.0 cm³/mol. The van der Waals surface area contributed by atoms with Gasteiger partial charge < -0.3 is 10.4 Å². The Morgan fingerprint density at radius 3 is 2.22 bits per heavy atom. The Kier molecular flexibility index (Phi) is 5.92. The summed E-state index contributed by atoms with van der Waals surface area (Å²) in [7, 11) is 0. The summed E-state index contributed by atoms with van der Waals surface area (Å²) in [5.41, 5.74) is 3.20. The monoisotopic (exact) mass is 311 g/mol. The van der Waals surface area contributed by atoms with E-state index in [1.165, 1.54) is 0 Å². The van der Waals surface area contributed by atoms with Crippen LogP contribution < -0.4 is 5.32 Å². The van der Waals surface area contributed by atoms with Crippen LogP contribution in [-0.2, 0) is 16.0 Å². The lowest BCUT2D eigenvalue weighted by atomic mass is 10.0. The third-order valence-corrected chi connectivity index (χ3v) is 3.60. The van der Waals surface area contributed by atoms with Crippen molar-refractivity contribution in [1.82, 2.24) is 5.32 Å². The summed E-state index contributed by atoms with van der Waals surface area (Å²) in [5, 5.41) is 11.5. The lowest BCUT2D eigenvalue weighted by Gasteiger charge is -2.10. The molecule has 0 fully saturated rings. The van der Waals surface area contributed by atoms with Crippen LogP contribution in [0.15, 0.2) is 54.6 Å². The van der Waals surface area contributed by atoms with Gasteiger partial charge in [0.1, 0.15) is 0 Å². The van der Waals surface area contributed by atoms with Gasteiger partial charge >= 0.3 is 5.97 Å². The number of amides is 1. The maximum absolute atomic E-state index is 11.9. The molecule has 1 amide bonds. The minimum atomic E-state index is -0.844. The van der Waals surface area contributed by atoms with Crippen LogP contribution in [0.4, 0.5) is 0 Å². The fourth-order valence-electron chi connectivity index (χ4n) is 2.35. The van der Waals surface area contributed by atoms with Gasteiger partial charge in [-0.1, -0.05) is 61.5 Å². The van der Waals surface area contributed by atoms with Crippen molar-refractivity contribution in [2.45, 2.75) is 19.8 Å². The highest BCUT2D eigenvalue weighted by Crippen LogP contribution is 2.19. The number of carbonyl (C=O) groups is 2. The molecule has 2 rings (SSSR count). The molecule has 0 aromatic heterocycles. The Hall–Kier alpha value is -2.62. The summed E-state index contributed by atoms with van der Waals surface area (Å²) < 4.78 is 0. The number of nitrogens with one attached hydrogen (secondary N) is 1. The van der Waals surface area contributed by atoms with Crippen LogP contribution in [0.2, 0.25) is 0 Å². The highest BCUT2D eigenvalue weighted by atomic mass is 16.4. The first kappa shape index (κ1) is 16.7. The summed E-state index contributed by atoms with van der Waals surface area (Å²) in [4.78, 5) is 22.5. The van der Waals surface area contributed by atoms with E-state index in [1.807, 2.05) is 61.5 Å². The van der Waals surface area contributed by atoms with Crippen LogP contribution in [0.5, 0.6) is 0 Å². The van der Waals surface area contributed by atoms with Crippen molar-refractivity contribution in [2.24, 2.45) is 5.92 Å². The van der Waals surface area contributed by atoms with Crippen molar-refractivity contribution in [3.05, 3.63) is 60.2 Å². The van der Waals surface area contributed by atoms with Gasteiger partial charge in [0, 0.05) is 13.0 Å². The zero-order valence-electron chi connectivity index (χ0n) is 13.2. The molecular formula is C19H21NO3. The SMILES string of the molecule is CC(CNC(=O)Cc1ccc(-c2ccccc2)cc1)CC(=O)O. The van der Waals surface area contributed by atoms with Gasteiger partial charge in [-0.25, -0.2) is 0 Å². The molecule has 4 heteroatoms. The Morgan fingerprint density at radius 1 is 1.00 bits per heavy atom. The first-order chi connectivity index (χ1) is 11.0. The van der Waals surface area contributed by atoms with Crippen molar-refractivity contribution < 1.29 is 14.7 Å². The maximum Gasteiger partial charge on any atom is 0.303 e. The first-order valence-corrected chi connectivity index (χ1v) is 7.67. The molecule has 0 heterocycles. The Balaban J connectivity index is 1.86. The van der Waals surface area contributed by atoms with Crippen molar-refractivity contribution in [1.29, 1.82) is 0 Å². The van der Waals surface area contributed by atoms with Gasteiger partial charge in [-0.2, -0.15) is 0 Å². The van der Waals surface area contributed by atoms with Crippen molar-refractivity contribution in [3.8, 4) is 11.1 Å². The van der Waals surface area contributed by atoms with E-state index in [2.05, 4.69) is 5.32 Å². The second-order valence-electron chi connectivity index (χ2n) is 5.75. The van der Waals surface area contributed by atoms with Gasteiger partial charge in [0.25, 0.3) is 0 Å². The van der Waals surface area contributed by atoms with E-state index in [1.54, 1.807) is 0 Å². The molecule has 0 radical (unpaired) electrons. The molecule has 0 spiro atoms. The van der Waals surface area contributed by atoms with Crippen LogP contribution in [0.25, 0.3) is 11.1 Å². The number of hydrogen-bond donors (Lipinski definition) is 2. The van der Waals surface area contributed by atoms with Crippen LogP contribution >= 0.6 is 0 Å². The topological polar surface area (TPSA) is 66.4 Å². The summed E-state index contributed by atoms with van der Waals surface area (Å²) in [6.45, 7) is 2.19. The fraction of sp³-hybridized carbons (Fsp3) is 0.263. The minimum Gasteiger partial charge on any atom is -0.481 e. The lowest BCUT2D eigenvalue weighted by molar-refractivity contribution is -0.138. The Bertz CT molecular complexity index is 650. The molecule has 1 atom stereocenters. The molecule has 0 bridgehead atoms. The second-order valence-corrected chi connectivity index (χ2v) is 5.75. The Morgan fingerprint density at radius 2 is 1.61 bits per heavy atom. The van der Waals surface area contributed by atoms with E-state index in [-0.39, 0.29) is 18.2 Å². The van der Waals surface area contributed by atoms with E-state index < -0.39 is 5.97 Å². The Labute approximate surface area is 136 Å². The van der Waals surface area contributed by atoms with Crippen LogP contribution in [0, 0.1) is 5.92 Å². The smallest absolute Gasteiger partial charge is 0.303 e. The minimum absolute atomic E-state index is 0.0616. The standard InChI is InChI=1S/C19H21NO3/c1-14(11-19(22)23)13-20-18(21)12-15-7-9-17(10-8-15)16-5-3-2-4-6-16/h2-10,14H,11-13H2,1H3,(H,20,21)(H,22,23). The van der Waals surface area contributed by atoms with Crippen molar-refractivity contribution >= 4 is 11.9 Å². The van der Waals surface area contributed by atoms with Gasteiger partial charge in [-0.15, -0.1) is 0 Å². The summed E-state index contributed by atoms with van der Waals surface area (Å²) in [6.07, 6.45) is 0.362. The van der Waals surface area contributed by atoms with Gasteiger partial charge in [-0.05, 0) is 22.6 Å².